The molecule has 27 heavy (non-hydrogen) atoms. The molecule has 0 aliphatic heterocycles. The zero-order valence-corrected chi connectivity index (χ0v) is 14.9. The molecule has 1 aliphatic rings. The molecule has 1 heterocycles. The first kappa shape index (κ1) is 17.4. The van der Waals surface area contributed by atoms with Crippen molar-refractivity contribution in [2.45, 2.75) is 31.7 Å². The third-order valence-corrected chi connectivity index (χ3v) is 5.24. The minimum atomic E-state index is -0.214. The van der Waals surface area contributed by atoms with E-state index in [4.69, 9.17) is 5.73 Å². The smallest absolute Gasteiger partial charge is 0.272 e. The number of fused-ring (bicyclic) bond motifs is 1. The molecule has 2 aromatic carbocycles. The molecular formula is C21H22N4O2. The van der Waals surface area contributed by atoms with E-state index in [2.05, 4.69) is 15.5 Å². The van der Waals surface area contributed by atoms with Gasteiger partial charge in [0, 0.05) is 28.6 Å². The molecule has 1 aromatic heterocycles. The van der Waals surface area contributed by atoms with Gasteiger partial charge in [0.1, 0.15) is 0 Å². The van der Waals surface area contributed by atoms with Gasteiger partial charge in [-0.1, -0.05) is 30.3 Å². The molecule has 0 atom stereocenters. The Morgan fingerprint density at radius 2 is 1.78 bits per heavy atom. The van der Waals surface area contributed by atoms with Crippen molar-refractivity contribution in [2.75, 3.05) is 5.32 Å². The molecule has 1 amide bonds. The Morgan fingerprint density at radius 1 is 1.04 bits per heavy atom. The molecule has 4 rings (SSSR count). The van der Waals surface area contributed by atoms with E-state index in [-0.39, 0.29) is 23.4 Å². The summed E-state index contributed by atoms with van der Waals surface area (Å²) in [4.78, 5) is 24.6. The van der Waals surface area contributed by atoms with Gasteiger partial charge in [0.15, 0.2) is 0 Å². The normalized spacial score (nSPS) is 19.7. The number of rotatable bonds is 3. The van der Waals surface area contributed by atoms with E-state index in [0.29, 0.717) is 11.1 Å². The SMILES string of the molecule is NC1CCC(C(=O)Nc2cccc(-c3n[nH]c(=O)c4ccccc34)c2)CC1. The van der Waals surface area contributed by atoms with E-state index in [1.807, 2.05) is 42.5 Å². The van der Waals surface area contributed by atoms with Crippen molar-refractivity contribution in [2.24, 2.45) is 11.7 Å². The minimum absolute atomic E-state index is 0.0143. The lowest BCUT2D eigenvalue weighted by Gasteiger charge is -2.25. The van der Waals surface area contributed by atoms with Gasteiger partial charge < -0.3 is 11.1 Å². The highest BCUT2D eigenvalue weighted by atomic mass is 16.2. The zero-order valence-electron chi connectivity index (χ0n) is 14.9. The number of anilines is 1. The van der Waals surface area contributed by atoms with Crippen molar-refractivity contribution in [3.8, 4) is 11.3 Å². The van der Waals surface area contributed by atoms with Crippen molar-refractivity contribution in [3.63, 3.8) is 0 Å². The highest BCUT2D eigenvalue weighted by molar-refractivity contribution is 5.96. The third-order valence-electron chi connectivity index (χ3n) is 5.24. The van der Waals surface area contributed by atoms with Gasteiger partial charge in [0.05, 0.1) is 11.1 Å². The van der Waals surface area contributed by atoms with Gasteiger partial charge in [-0.25, -0.2) is 5.10 Å². The summed E-state index contributed by atoms with van der Waals surface area (Å²) >= 11 is 0. The average Bonchev–Trinajstić information content (AvgIpc) is 2.69. The maximum absolute atomic E-state index is 12.6. The number of nitrogens with one attached hydrogen (secondary N) is 2. The zero-order chi connectivity index (χ0) is 18.8. The van der Waals surface area contributed by atoms with Crippen LogP contribution in [0.2, 0.25) is 0 Å². The van der Waals surface area contributed by atoms with E-state index in [1.54, 1.807) is 6.07 Å². The van der Waals surface area contributed by atoms with Gasteiger partial charge in [-0.3, -0.25) is 9.59 Å². The molecular weight excluding hydrogens is 340 g/mol. The second-order valence-corrected chi connectivity index (χ2v) is 7.13. The molecule has 0 spiro atoms. The van der Waals surface area contributed by atoms with Crippen LogP contribution in [0.3, 0.4) is 0 Å². The molecule has 1 saturated carbocycles. The first-order valence-electron chi connectivity index (χ1n) is 9.26. The molecule has 3 aromatic rings. The number of aromatic amines is 1. The number of carbonyl (C=O) groups is 1. The maximum atomic E-state index is 12.6. The molecule has 6 heteroatoms. The second kappa shape index (κ2) is 7.32. The molecule has 0 saturated heterocycles. The summed E-state index contributed by atoms with van der Waals surface area (Å²) in [6, 6.07) is 15.1. The highest BCUT2D eigenvalue weighted by Crippen LogP contribution is 2.28. The van der Waals surface area contributed by atoms with Crippen LogP contribution in [0.25, 0.3) is 22.0 Å². The first-order valence-corrected chi connectivity index (χ1v) is 9.26. The van der Waals surface area contributed by atoms with Crippen LogP contribution in [0.4, 0.5) is 5.69 Å². The number of benzene rings is 2. The number of hydrogen-bond donors (Lipinski definition) is 3. The predicted molar refractivity (Wildman–Crippen MR) is 106 cm³/mol. The van der Waals surface area contributed by atoms with Gasteiger partial charge >= 0.3 is 0 Å². The molecule has 0 radical (unpaired) electrons. The van der Waals surface area contributed by atoms with Crippen LogP contribution in [0.1, 0.15) is 25.7 Å². The number of nitrogens with two attached hydrogens (primary N) is 1. The van der Waals surface area contributed by atoms with E-state index in [9.17, 15) is 9.59 Å². The Hall–Kier alpha value is -2.99. The Labute approximate surface area is 156 Å². The number of nitrogens with zero attached hydrogens (tertiary/aromatic N) is 1. The van der Waals surface area contributed by atoms with Crippen LogP contribution in [0.15, 0.2) is 53.3 Å². The topological polar surface area (TPSA) is 101 Å². The predicted octanol–water partition coefficient (Wildman–Crippen LogP) is 3.05. The van der Waals surface area contributed by atoms with Gasteiger partial charge in [0.25, 0.3) is 5.56 Å². The highest BCUT2D eigenvalue weighted by Gasteiger charge is 2.24. The monoisotopic (exact) mass is 362 g/mol. The number of hydrogen-bond acceptors (Lipinski definition) is 4. The summed E-state index contributed by atoms with van der Waals surface area (Å²) < 4.78 is 0. The lowest BCUT2D eigenvalue weighted by atomic mass is 9.86. The summed E-state index contributed by atoms with van der Waals surface area (Å²) in [5.41, 5.74) is 7.96. The van der Waals surface area contributed by atoms with Gasteiger partial charge in [-0.05, 0) is 43.9 Å². The van der Waals surface area contributed by atoms with Crippen molar-refractivity contribution in [1.82, 2.24) is 10.2 Å². The molecule has 138 valence electrons. The van der Waals surface area contributed by atoms with Crippen molar-refractivity contribution < 1.29 is 4.79 Å². The van der Waals surface area contributed by atoms with Crippen LogP contribution < -0.4 is 16.6 Å². The maximum Gasteiger partial charge on any atom is 0.272 e. The Kier molecular flexibility index (Phi) is 4.73. The lowest BCUT2D eigenvalue weighted by molar-refractivity contribution is -0.120. The summed E-state index contributed by atoms with van der Waals surface area (Å²) in [6.07, 6.45) is 3.45. The van der Waals surface area contributed by atoms with E-state index < -0.39 is 0 Å². The van der Waals surface area contributed by atoms with Crippen molar-refractivity contribution in [3.05, 3.63) is 58.9 Å². The van der Waals surface area contributed by atoms with Crippen molar-refractivity contribution >= 4 is 22.4 Å². The molecule has 4 N–H and O–H groups in total. The molecule has 1 fully saturated rings. The Balaban J connectivity index is 1.61. The largest absolute Gasteiger partial charge is 0.328 e. The lowest BCUT2D eigenvalue weighted by Crippen LogP contribution is -2.32. The van der Waals surface area contributed by atoms with Crippen LogP contribution in [-0.4, -0.2) is 22.1 Å². The summed E-state index contributed by atoms with van der Waals surface area (Å²) in [6.45, 7) is 0. The van der Waals surface area contributed by atoms with E-state index in [1.165, 1.54) is 0 Å². The van der Waals surface area contributed by atoms with E-state index >= 15 is 0 Å². The fourth-order valence-corrected chi connectivity index (χ4v) is 3.70. The number of aromatic nitrogens is 2. The van der Waals surface area contributed by atoms with Gasteiger partial charge in [-0.15, -0.1) is 0 Å². The Bertz CT molecular complexity index is 1040. The number of carbonyl (C=O) groups excluding carboxylic acids is 1. The van der Waals surface area contributed by atoms with Gasteiger partial charge in [-0.2, -0.15) is 5.10 Å². The van der Waals surface area contributed by atoms with Crippen molar-refractivity contribution in [1.29, 1.82) is 0 Å². The quantitative estimate of drug-likeness (QED) is 0.666. The summed E-state index contributed by atoms with van der Waals surface area (Å²) in [5, 5.41) is 11.2. The fraction of sp³-hybridized carbons (Fsp3) is 0.286. The summed E-state index contributed by atoms with van der Waals surface area (Å²) in [7, 11) is 0. The fourth-order valence-electron chi connectivity index (χ4n) is 3.70. The second-order valence-electron chi connectivity index (χ2n) is 7.13. The molecule has 0 unspecified atom stereocenters. The molecule has 1 aliphatic carbocycles. The first-order chi connectivity index (χ1) is 13.1. The Morgan fingerprint density at radius 3 is 2.56 bits per heavy atom. The minimum Gasteiger partial charge on any atom is -0.328 e. The van der Waals surface area contributed by atoms with Crippen LogP contribution >= 0.6 is 0 Å². The molecule has 0 bridgehead atoms. The van der Waals surface area contributed by atoms with Crippen LogP contribution in [0.5, 0.6) is 0 Å². The molecule has 6 nitrogen and oxygen atoms in total. The third kappa shape index (κ3) is 3.61. The van der Waals surface area contributed by atoms with Gasteiger partial charge in [0.2, 0.25) is 5.91 Å². The number of amides is 1. The average molecular weight is 362 g/mol. The number of H-pyrrole nitrogens is 1. The van der Waals surface area contributed by atoms with E-state index in [0.717, 1.165) is 42.3 Å². The van der Waals surface area contributed by atoms with Crippen LogP contribution in [0, 0.1) is 5.92 Å². The summed E-state index contributed by atoms with van der Waals surface area (Å²) in [5.74, 6) is 0.0545. The van der Waals surface area contributed by atoms with Crippen LogP contribution in [-0.2, 0) is 4.79 Å². The standard InChI is InChI=1S/C21H22N4O2/c22-15-10-8-13(9-11-15)20(26)23-16-5-3-4-14(12-16)19-17-6-1-2-7-18(17)21(27)25-24-19/h1-7,12-13,15H,8-11,22H2,(H,23,26)(H,25,27).